The molecule has 0 spiro atoms. The number of nitrogens with zero attached hydrogens (tertiary/aromatic N) is 1. The van der Waals surface area contributed by atoms with Gasteiger partial charge in [-0.25, -0.2) is 0 Å². The number of ether oxygens (including phenoxy) is 1. The molecule has 3 nitrogen and oxygen atoms in total. The van der Waals surface area contributed by atoms with Crippen LogP contribution in [0.25, 0.3) is 0 Å². The van der Waals surface area contributed by atoms with Gasteiger partial charge in [-0.2, -0.15) is 0 Å². The zero-order chi connectivity index (χ0) is 8.20. The maximum absolute atomic E-state index is 10.3. The molecule has 0 aliphatic rings. The molecule has 0 radical (unpaired) electrons. The van der Waals surface area contributed by atoms with Gasteiger partial charge in [0.25, 0.3) is 0 Å². The third-order valence-electron chi connectivity index (χ3n) is 1.07. The molecule has 0 saturated carbocycles. The van der Waals surface area contributed by atoms with Crippen molar-refractivity contribution in [3.8, 4) is 0 Å². The molecule has 0 atom stereocenters. The Hall–Kier alpha value is 0.160. The lowest BCUT2D eigenvalue weighted by molar-refractivity contribution is -0.870. The normalized spacial score (nSPS) is 10.2. The van der Waals surface area contributed by atoms with Crippen molar-refractivity contribution in [2.45, 2.75) is 6.92 Å². The second-order valence-electron chi connectivity index (χ2n) is 3.35. The fourth-order valence-electron chi connectivity index (χ4n) is 0.463. The van der Waals surface area contributed by atoms with E-state index in [0.717, 1.165) is 11.0 Å². The van der Waals surface area contributed by atoms with E-state index in [-0.39, 0.29) is 29.9 Å². The number of likely N-dealkylation sites (N-methyl/N-ethyl adjacent to an activating group) is 1. The first-order valence-electron chi connectivity index (χ1n) is 3.35. The SMILES string of the molecule is C[14C](=O)OCC[N+](C)(C)C.[I-]. The molecule has 4 heteroatoms. The molecular formula is C7H16INO2. The van der Waals surface area contributed by atoms with E-state index in [1.807, 2.05) is 0 Å². The summed E-state index contributed by atoms with van der Waals surface area (Å²) in [4.78, 5) is 10.3. The number of halogens is 1. The van der Waals surface area contributed by atoms with Crippen LogP contribution in [0.15, 0.2) is 0 Å². The van der Waals surface area contributed by atoms with Crippen molar-refractivity contribution in [2.24, 2.45) is 0 Å². The highest BCUT2D eigenvalue weighted by atomic mass is 127. The lowest BCUT2D eigenvalue weighted by atomic mass is 10.5. The molecule has 0 aliphatic heterocycles. The zero-order valence-electron chi connectivity index (χ0n) is 7.56. The van der Waals surface area contributed by atoms with E-state index >= 15 is 0 Å². The minimum absolute atomic E-state index is 0. The highest BCUT2D eigenvalue weighted by Gasteiger charge is 2.06. The summed E-state index contributed by atoms with van der Waals surface area (Å²) in [5.41, 5.74) is 0. The van der Waals surface area contributed by atoms with Gasteiger partial charge < -0.3 is 33.2 Å². The van der Waals surface area contributed by atoms with Gasteiger partial charge in [0, 0.05) is 6.92 Å². The monoisotopic (exact) mass is 275 g/mol. The van der Waals surface area contributed by atoms with E-state index < -0.39 is 0 Å². The van der Waals surface area contributed by atoms with Gasteiger partial charge in [0.1, 0.15) is 13.2 Å². The van der Waals surface area contributed by atoms with Crippen molar-refractivity contribution in [3.63, 3.8) is 0 Å². The van der Waals surface area contributed by atoms with E-state index in [0.29, 0.717) is 6.61 Å². The average molecular weight is 275 g/mol. The quantitative estimate of drug-likeness (QED) is 0.317. The first kappa shape index (κ1) is 13.7. The number of quaternary nitrogens is 1. The van der Waals surface area contributed by atoms with Crippen molar-refractivity contribution >= 4 is 5.97 Å². The van der Waals surface area contributed by atoms with Crippen molar-refractivity contribution in [1.82, 2.24) is 0 Å². The second-order valence-corrected chi connectivity index (χ2v) is 3.35. The molecule has 0 unspecified atom stereocenters. The van der Waals surface area contributed by atoms with E-state index in [1.165, 1.54) is 6.92 Å². The predicted molar refractivity (Wildman–Crippen MR) is 39.5 cm³/mol. The Bertz CT molecular complexity index is 120. The summed E-state index contributed by atoms with van der Waals surface area (Å²) < 4.78 is 5.59. The van der Waals surface area contributed by atoms with Gasteiger partial charge in [-0.05, 0) is 0 Å². The molecule has 0 saturated heterocycles. The topological polar surface area (TPSA) is 26.3 Å². The number of rotatable bonds is 3. The Kier molecular flexibility index (Phi) is 7.20. The summed E-state index contributed by atoms with van der Waals surface area (Å²) in [7, 11) is 6.18. The summed E-state index contributed by atoms with van der Waals surface area (Å²) in [5.74, 6) is -0.201. The number of esters is 1. The molecule has 0 heterocycles. The third-order valence-corrected chi connectivity index (χ3v) is 1.07. The smallest absolute Gasteiger partial charge is 0.302 e. The van der Waals surface area contributed by atoms with Crippen LogP contribution >= 0.6 is 0 Å². The van der Waals surface area contributed by atoms with E-state index in [4.69, 9.17) is 4.74 Å². The van der Waals surface area contributed by atoms with Gasteiger partial charge in [0.05, 0.1) is 21.1 Å². The Morgan fingerprint density at radius 3 is 2.09 bits per heavy atom. The summed E-state index contributed by atoms with van der Waals surface area (Å²) >= 11 is 0. The standard InChI is InChI=1S/C7H16NO2.HI/c1-7(9)10-6-5-8(2,3)4;/h5-6H2,1-4H3;1H/q+1;/p-1/i7+2;. The molecule has 0 aromatic rings. The molecule has 0 N–H and O–H groups in total. The fourth-order valence-corrected chi connectivity index (χ4v) is 0.463. The Labute approximate surface area is 85.3 Å². The van der Waals surface area contributed by atoms with Crippen molar-refractivity contribution in [2.75, 3.05) is 34.3 Å². The minimum Gasteiger partial charge on any atom is -1.00 e. The highest BCUT2D eigenvalue weighted by Crippen LogP contribution is 1.88. The maximum Gasteiger partial charge on any atom is 0.302 e. The van der Waals surface area contributed by atoms with Gasteiger partial charge in [-0.3, -0.25) is 4.79 Å². The second kappa shape index (κ2) is 5.77. The molecule has 11 heavy (non-hydrogen) atoms. The summed E-state index contributed by atoms with van der Waals surface area (Å²) in [5, 5.41) is 0. The molecule has 0 aromatic heterocycles. The van der Waals surface area contributed by atoms with Crippen molar-refractivity contribution in [1.29, 1.82) is 0 Å². The van der Waals surface area contributed by atoms with Crippen LogP contribution < -0.4 is 24.0 Å². The van der Waals surface area contributed by atoms with Crippen LogP contribution in [0.5, 0.6) is 0 Å². The van der Waals surface area contributed by atoms with E-state index in [1.54, 1.807) is 0 Å². The van der Waals surface area contributed by atoms with Crippen LogP contribution in [0.4, 0.5) is 0 Å². The van der Waals surface area contributed by atoms with Crippen molar-refractivity contribution in [3.05, 3.63) is 0 Å². The van der Waals surface area contributed by atoms with Gasteiger partial charge in [-0.1, -0.05) is 0 Å². The summed E-state index contributed by atoms with van der Waals surface area (Å²) in [6, 6.07) is 0. The first-order chi connectivity index (χ1) is 4.42. The van der Waals surface area contributed by atoms with Crippen LogP contribution in [-0.4, -0.2) is 44.7 Å². The molecule has 0 fully saturated rings. The van der Waals surface area contributed by atoms with Crippen LogP contribution in [0.1, 0.15) is 6.92 Å². The molecule has 0 aliphatic carbocycles. The fraction of sp³-hybridized carbons (Fsp3) is 0.857. The summed E-state index contributed by atoms with van der Waals surface area (Å²) in [6.07, 6.45) is 0. The molecule has 0 aromatic carbocycles. The molecule has 0 bridgehead atoms. The number of carbonyl (C=O) groups is 1. The van der Waals surface area contributed by atoms with Gasteiger partial charge in [-0.15, -0.1) is 0 Å². The molecule has 0 amide bonds. The van der Waals surface area contributed by atoms with Crippen molar-refractivity contribution < 1.29 is 38.0 Å². The largest absolute Gasteiger partial charge is 1.00 e. The highest BCUT2D eigenvalue weighted by molar-refractivity contribution is 5.65. The number of carbonyl (C=O) groups excluding carboxylic acids is 1. The lowest BCUT2D eigenvalue weighted by Gasteiger charge is -2.23. The van der Waals surface area contributed by atoms with Gasteiger partial charge in [0.2, 0.25) is 0 Å². The van der Waals surface area contributed by atoms with E-state index in [9.17, 15) is 4.79 Å². The minimum atomic E-state index is -0.201. The van der Waals surface area contributed by atoms with Crippen LogP contribution in [0.2, 0.25) is 0 Å². The molecule has 0 rings (SSSR count). The predicted octanol–water partition coefficient (Wildman–Crippen LogP) is -2.74. The Morgan fingerprint density at radius 2 is 1.82 bits per heavy atom. The molecule has 68 valence electrons. The average Bonchev–Trinajstić information content (AvgIpc) is 1.59. The molecular weight excluding hydrogens is 259 g/mol. The maximum atomic E-state index is 10.3. The lowest BCUT2D eigenvalue weighted by Crippen LogP contribution is -3.00. The van der Waals surface area contributed by atoms with Crippen LogP contribution in [-0.2, 0) is 9.53 Å². The van der Waals surface area contributed by atoms with Crippen LogP contribution in [0, 0.1) is 0 Å². The summed E-state index contributed by atoms with van der Waals surface area (Å²) in [6.45, 7) is 2.80. The zero-order valence-corrected chi connectivity index (χ0v) is 9.71. The van der Waals surface area contributed by atoms with Gasteiger partial charge >= 0.3 is 5.97 Å². The third kappa shape index (κ3) is 13.2. The van der Waals surface area contributed by atoms with Crippen LogP contribution in [0.3, 0.4) is 0 Å². The van der Waals surface area contributed by atoms with Gasteiger partial charge in [0.15, 0.2) is 0 Å². The Morgan fingerprint density at radius 1 is 1.36 bits per heavy atom. The van der Waals surface area contributed by atoms with E-state index in [2.05, 4.69) is 21.1 Å². The first-order valence-corrected chi connectivity index (χ1v) is 3.35. The number of hydrogen-bond donors (Lipinski definition) is 0. The number of hydrogen-bond acceptors (Lipinski definition) is 2. The Balaban J connectivity index is 0.